The van der Waals surface area contributed by atoms with Crippen molar-refractivity contribution >= 4 is 45.9 Å². The summed E-state index contributed by atoms with van der Waals surface area (Å²) < 4.78 is 0. The van der Waals surface area contributed by atoms with E-state index < -0.39 is 6.04 Å². The molecular weight excluding hydrogens is 470 g/mol. The molecule has 4 fully saturated rings. The second kappa shape index (κ2) is 9.46. The summed E-state index contributed by atoms with van der Waals surface area (Å²) in [6, 6.07) is 1.25. The summed E-state index contributed by atoms with van der Waals surface area (Å²) in [5, 5.41) is 8.82. The summed E-state index contributed by atoms with van der Waals surface area (Å²) >= 11 is 7.55. The number of halogens is 1. The maximum atomic E-state index is 13.4. The topological polar surface area (TPSA) is 87.2 Å². The smallest absolute Gasteiger partial charge is 0.243 e. The molecule has 0 spiro atoms. The van der Waals surface area contributed by atoms with Gasteiger partial charge in [-0.3, -0.25) is 19.5 Å². The summed E-state index contributed by atoms with van der Waals surface area (Å²) in [5.41, 5.74) is 1.69. The first kappa shape index (κ1) is 23.5. The fraction of sp³-hybridized carbons (Fsp3) is 0.600. The largest absolute Gasteiger partial charge is 0.375 e. The molecule has 4 saturated carbocycles. The molecule has 4 aliphatic rings. The molecule has 2 N–H and O–H groups in total. The van der Waals surface area contributed by atoms with Gasteiger partial charge in [-0.2, -0.15) is 0 Å². The molecule has 0 aromatic carbocycles. The molecule has 2 aromatic rings. The fourth-order valence-electron chi connectivity index (χ4n) is 5.71. The number of carbonyl (C=O) groups excluding carboxylic acids is 2. The number of thiazole rings is 1. The normalized spacial score (nSPS) is 25.1. The highest BCUT2D eigenvalue weighted by Gasteiger charge is 2.57. The number of nitrogens with zero attached hydrogens (tertiary/aromatic N) is 3. The van der Waals surface area contributed by atoms with Crippen LogP contribution in [-0.2, 0) is 9.59 Å². The molecule has 34 heavy (non-hydrogen) atoms. The van der Waals surface area contributed by atoms with Gasteiger partial charge in [0.15, 0.2) is 0 Å². The Morgan fingerprint density at radius 1 is 1.29 bits per heavy atom. The Labute approximate surface area is 209 Å². The first-order valence-corrected chi connectivity index (χ1v) is 13.5. The van der Waals surface area contributed by atoms with Crippen molar-refractivity contribution in [2.24, 2.45) is 11.8 Å². The van der Waals surface area contributed by atoms with E-state index in [0.717, 1.165) is 60.8 Å². The van der Waals surface area contributed by atoms with Crippen molar-refractivity contribution in [2.45, 2.75) is 82.8 Å². The molecule has 2 atom stereocenters. The van der Waals surface area contributed by atoms with Crippen molar-refractivity contribution in [1.29, 1.82) is 0 Å². The molecule has 0 unspecified atom stereocenters. The van der Waals surface area contributed by atoms with E-state index in [1.165, 1.54) is 24.2 Å². The summed E-state index contributed by atoms with van der Waals surface area (Å²) in [7, 11) is 0. The molecule has 6 rings (SSSR count). The zero-order valence-electron chi connectivity index (χ0n) is 19.7. The number of hydrogen-bond donors (Lipinski definition) is 2. The predicted molar refractivity (Wildman–Crippen MR) is 135 cm³/mol. The van der Waals surface area contributed by atoms with Crippen LogP contribution in [0, 0.1) is 18.8 Å². The van der Waals surface area contributed by atoms with E-state index in [-0.39, 0.29) is 17.5 Å². The standard InChI is InChI=1S/C25H32ClN5O2S/c1-15-20(8-19(26)12-27-15)29-16(2)24-28-13-22(34-24)31(14-32)21(7-17-5-3-4-6-17)23(33)30-25-9-18(10-25)11-25/h8,12-14,16-18,21,29H,3-7,9-11H2,1-2H3,(H,30,33)/t16-,18?,21+,25?/m1/s1. The Morgan fingerprint density at radius 3 is 2.68 bits per heavy atom. The molecule has 0 aliphatic heterocycles. The molecule has 2 amide bonds. The van der Waals surface area contributed by atoms with Crippen molar-refractivity contribution in [3.63, 3.8) is 0 Å². The minimum atomic E-state index is -0.495. The fourth-order valence-corrected chi connectivity index (χ4v) is 6.81. The number of carbonyl (C=O) groups is 2. The van der Waals surface area contributed by atoms with E-state index in [1.807, 2.05) is 19.9 Å². The van der Waals surface area contributed by atoms with Crippen molar-refractivity contribution in [1.82, 2.24) is 15.3 Å². The predicted octanol–water partition coefficient (Wildman–Crippen LogP) is 5.25. The lowest BCUT2D eigenvalue weighted by molar-refractivity contribution is -0.135. The summed E-state index contributed by atoms with van der Waals surface area (Å²) in [6.07, 6.45) is 12.8. The lowest BCUT2D eigenvalue weighted by Gasteiger charge is -2.62. The molecular formula is C25H32ClN5O2S. The Morgan fingerprint density at radius 2 is 2.03 bits per heavy atom. The van der Waals surface area contributed by atoms with Crippen LogP contribution in [0.15, 0.2) is 18.5 Å². The van der Waals surface area contributed by atoms with Crippen LogP contribution in [0.4, 0.5) is 10.7 Å². The van der Waals surface area contributed by atoms with Crippen LogP contribution in [0.1, 0.15) is 75.0 Å². The van der Waals surface area contributed by atoms with Crippen LogP contribution >= 0.6 is 22.9 Å². The zero-order chi connectivity index (χ0) is 23.9. The maximum absolute atomic E-state index is 13.4. The molecule has 2 aromatic heterocycles. The Bertz CT molecular complexity index is 1050. The molecule has 2 bridgehead atoms. The van der Waals surface area contributed by atoms with E-state index in [1.54, 1.807) is 17.3 Å². The maximum Gasteiger partial charge on any atom is 0.243 e. The monoisotopic (exact) mass is 501 g/mol. The van der Waals surface area contributed by atoms with Gasteiger partial charge in [0.05, 0.1) is 28.6 Å². The van der Waals surface area contributed by atoms with Crippen molar-refractivity contribution in [3.8, 4) is 0 Å². The van der Waals surface area contributed by atoms with Gasteiger partial charge >= 0.3 is 0 Å². The molecule has 0 radical (unpaired) electrons. The highest BCUT2D eigenvalue weighted by Crippen LogP contribution is 2.57. The number of amides is 2. The number of aryl methyl sites for hydroxylation is 1. The van der Waals surface area contributed by atoms with Crippen molar-refractivity contribution in [2.75, 3.05) is 10.2 Å². The molecule has 182 valence electrons. The molecule has 9 heteroatoms. The highest BCUT2D eigenvalue weighted by atomic mass is 35.5. The van der Waals surface area contributed by atoms with Gasteiger partial charge in [0.2, 0.25) is 12.3 Å². The van der Waals surface area contributed by atoms with Crippen molar-refractivity contribution < 1.29 is 9.59 Å². The average Bonchev–Trinajstić information content (AvgIpc) is 3.44. The first-order valence-electron chi connectivity index (χ1n) is 12.3. The van der Waals surface area contributed by atoms with E-state index in [2.05, 4.69) is 20.6 Å². The van der Waals surface area contributed by atoms with Crippen LogP contribution in [-0.4, -0.2) is 33.9 Å². The quantitative estimate of drug-likeness (QED) is 0.434. The minimum Gasteiger partial charge on any atom is -0.375 e. The van der Waals surface area contributed by atoms with E-state index in [0.29, 0.717) is 22.4 Å². The van der Waals surface area contributed by atoms with E-state index in [4.69, 9.17) is 11.6 Å². The summed E-state index contributed by atoms with van der Waals surface area (Å²) in [6.45, 7) is 3.94. The van der Waals surface area contributed by atoms with Gasteiger partial charge in [-0.15, -0.1) is 0 Å². The van der Waals surface area contributed by atoms with E-state index in [9.17, 15) is 9.59 Å². The Balaban J connectivity index is 1.33. The number of anilines is 2. The molecule has 2 heterocycles. The second-order valence-electron chi connectivity index (χ2n) is 10.4. The summed E-state index contributed by atoms with van der Waals surface area (Å²) in [4.78, 5) is 36.2. The first-order chi connectivity index (χ1) is 16.4. The third-order valence-corrected chi connectivity index (χ3v) is 9.17. The van der Waals surface area contributed by atoms with Gasteiger partial charge in [-0.05, 0) is 57.4 Å². The van der Waals surface area contributed by atoms with Gasteiger partial charge in [0.1, 0.15) is 16.1 Å². The zero-order valence-corrected chi connectivity index (χ0v) is 21.3. The molecule has 7 nitrogen and oxygen atoms in total. The van der Waals surface area contributed by atoms with Gasteiger partial charge in [-0.1, -0.05) is 48.6 Å². The van der Waals surface area contributed by atoms with Crippen molar-refractivity contribution in [3.05, 3.63) is 34.2 Å². The number of aromatic nitrogens is 2. The Hall–Kier alpha value is -2.19. The summed E-state index contributed by atoms with van der Waals surface area (Å²) in [5.74, 6) is 1.25. The van der Waals surface area contributed by atoms with Crippen LogP contribution in [0.25, 0.3) is 0 Å². The number of nitrogens with one attached hydrogen (secondary N) is 2. The van der Waals surface area contributed by atoms with Gasteiger partial charge in [-0.25, -0.2) is 4.98 Å². The molecule has 0 saturated heterocycles. The lowest BCUT2D eigenvalue weighted by atomic mass is 9.50. The number of rotatable bonds is 10. The third-order valence-electron chi connectivity index (χ3n) is 7.77. The molecule has 4 aliphatic carbocycles. The number of pyridine rings is 1. The number of hydrogen-bond acceptors (Lipinski definition) is 6. The third kappa shape index (κ3) is 4.67. The van der Waals surface area contributed by atoms with Crippen LogP contribution in [0.3, 0.4) is 0 Å². The SMILES string of the molecule is Cc1ncc(Cl)cc1N[C@H](C)c1ncc(N(C=O)[C@@H](CC2CCCC2)C(=O)NC23CC(C2)C3)s1. The van der Waals surface area contributed by atoms with Crippen LogP contribution in [0.2, 0.25) is 5.02 Å². The van der Waals surface area contributed by atoms with Gasteiger partial charge < -0.3 is 10.6 Å². The van der Waals surface area contributed by atoms with E-state index >= 15 is 0 Å². The second-order valence-corrected chi connectivity index (χ2v) is 11.8. The van der Waals surface area contributed by atoms with Crippen LogP contribution in [0.5, 0.6) is 0 Å². The highest BCUT2D eigenvalue weighted by molar-refractivity contribution is 7.16. The minimum absolute atomic E-state index is 0.00955. The average molecular weight is 502 g/mol. The van der Waals surface area contributed by atoms with Gasteiger partial charge in [0, 0.05) is 11.7 Å². The van der Waals surface area contributed by atoms with Gasteiger partial charge in [0.25, 0.3) is 0 Å². The Kier molecular flexibility index (Phi) is 6.55. The van der Waals surface area contributed by atoms with Crippen LogP contribution < -0.4 is 15.5 Å². The lowest BCUT2D eigenvalue weighted by Crippen LogP contribution is -2.70.